The Morgan fingerprint density at radius 1 is 1.17 bits per heavy atom. The lowest BCUT2D eigenvalue weighted by Crippen LogP contribution is -2.39. The average Bonchev–Trinajstić information content (AvgIpc) is 3.40. The molecule has 0 heterocycles. The summed E-state index contributed by atoms with van der Waals surface area (Å²) in [5, 5.41) is 0. The van der Waals surface area contributed by atoms with Crippen molar-refractivity contribution in [3.05, 3.63) is 29.8 Å². The molecule has 0 saturated heterocycles. The number of nitrogens with zero attached hydrogens (tertiary/aromatic N) is 1. The molecule has 2 unspecified atom stereocenters. The number of nitrogens with two attached hydrogens (primary N) is 1. The van der Waals surface area contributed by atoms with Crippen molar-refractivity contribution in [2.45, 2.75) is 63.6 Å². The second-order valence-corrected chi connectivity index (χ2v) is 7.01. The van der Waals surface area contributed by atoms with E-state index in [2.05, 4.69) is 4.90 Å². The van der Waals surface area contributed by atoms with Gasteiger partial charge in [0.1, 0.15) is 5.75 Å². The number of halogens is 1. The van der Waals surface area contributed by atoms with Gasteiger partial charge in [0.25, 0.3) is 0 Å². The Morgan fingerprint density at radius 2 is 1.83 bits per heavy atom. The van der Waals surface area contributed by atoms with E-state index in [0.717, 1.165) is 31.4 Å². The first-order valence-corrected chi connectivity index (χ1v) is 8.85. The van der Waals surface area contributed by atoms with Crippen LogP contribution in [0, 0.1) is 5.92 Å². The molecule has 4 nitrogen and oxygen atoms in total. The minimum atomic E-state index is 0. The molecule has 2 saturated carbocycles. The van der Waals surface area contributed by atoms with Crippen LogP contribution in [0.2, 0.25) is 0 Å². The van der Waals surface area contributed by atoms with Gasteiger partial charge in [-0.25, -0.2) is 0 Å². The van der Waals surface area contributed by atoms with Crippen molar-refractivity contribution in [1.82, 2.24) is 4.90 Å². The summed E-state index contributed by atoms with van der Waals surface area (Å²) in [6.07, 6.45) is 7.50. The van der Waals surface area contributed by atoms with E-state index in [4.69, 9.17) is 10.5 Å². The number of benzene rings is 1. The van der Waals surface area contributed by atoms with E-state index in [1.165, 1.54) is 18.4 Å². The largest absolute Gasteiger partial charge is 0.497 e. The fourth-order valence-corrected chi connectivity index (χ4v) is 3.57. The molecule has 134 valence electrons. The number of methoxy groups -OCH3 is 1. The Bertz CT molecular complexity index is 531. The minimum Gasteiger partial charge on any atom is -0.497 e. The molecule has 1 amide bonds. The highest BCUT2D eigenvalue weighted by Gasteiger charge is 2.34. The van der Waals surface area contributed by atoms with Gasteiger partial charge in [0.2, 0.25) is 5.91 Å². The summed E-state index contributed by atoms with van der Waals surface area (Å²) in [5.74, 6) is 1.50. The zero-order valence-electron chi connectivity index (χ0n) is 14.4. The smallest absolute Gasteiger partial charge is 0.223 e. The van der Waals surface area contributed by atoms with Crippen molar-refractivity contribution in [2.24, 2.45) is 11.7 Å². The van der Waals surface area contributed by atoms with Crippen LogP contribution in [0.4, 0.5) is 0 Å². The molecule has 5 heteroatoms. The zero-order chi connectivity index (χ0) is 16.2. The van der Waals surface area contributed by atoms with Gasteiger partial charge in [-0.05, 0) is 49.3 Å². The molecule has 2 N–H and O–H groups in total. The Morgan fingerprint density at radius 3 is 2.42 bits per heavy atom. The highest BCUT2D eigenvalue weighted by Crippen LogP contribution is 2.32. The lowest BCUT2D eigenvalue weighted by molar-refractivity contribution is -0.133. The molecule has 1 aromatic rings. The topological polar surface area (TPSA) is 55.6 Å². The van der Waals surface area contributed by atoms with E-state index < -0.39 is 0 Å². The standard InChI is InChI=1S/C19H28N2O2.ClH/c1-23-17-10-6-14(7-11-17)13-21(16-8-9-16)19(22)12-15-4-2-3-5-18(15)20;/h6-7,10-11,15-16,18H,2-5,8-9,12-13,20H2,1H3;1H. The predicted molar refractivity (Wildman–Crippen MR) is 98.4 cm³/mol. The molecule has 0 aromatic heterocycles. The van der Waals surface area contributed by atoms with Gasteiger partial charge in [0, 0.05) is 25.0 Å². The van der Waals surface area contributed by atoms with Crippen LogP contribution in [0.25, 0.3) is 0 Å². The summed E-state index contributed by atoms with van der Waals surface area (Å²) in [5.41, 5.74) is 7.38. The van der Waals surface area contributed by atoms with Crippen LogP contribution in [0.3, 0.4) is 0 Å². The molecule has 3 rings (SSSR count). The number of hydrogen-bond acceptors (Lipinski definition) is 3. The lowest BCUT2D eigenvalue weighted by Gasteiger charge is -2.31. The normalized spacial score (nSPS) is 23.2. The molecule has 24 heavy (non-hydrogen) atoms. The summed E-state index contributed by atoms with van der Waals surface area (Å²) in [4.78, 5) is 14.9. The summed E-state index contributed by atoms with van der Waals surface area (Å²) in [6.45, 7) is 0.704. The molecule has 1 aromatic carbocycles. The molecule has 2 aliphatic carbocycles. The molecule has 0 radical (unpaired) electrons. The number of amides is 1. The third kappa shape index (κ3) is 4.87. The van der Waals surface area contributed by atoms with Gasteiger partial charge < -0.3 is 15.4 Å². The number of hydrogen-bond donors (Lipinski definition) is 1. The second-order valence-electron chi connectivity index (χ2n) is 7.01. The molecule has 2 aliphatic rings. The molecular formula is C19H29ClN2O2. The molecule has 0 spiro atoms. The van der Waals surface area contributed by atoms with Crippen LogP contribution in [0.15, 0.2) is 24.3 Å². The quantitative estimate of drug-likeness (QED) is 0.852. The Kier molecular flexibility index (Phi) is 6.93. The summed E-state index contributed by atoms with van der Waals surface area (Å²) in [6, 6.07) is 8.66. The number of rotatable bonds is 6. The van der Waals surface area contributed by atoms with Crippen molar-refractivity contribution >= 4 is 18.3 Å². The SMILES string of the molecule is COc1ccc(CN(C(=O)CC2CCCCC2N)C2CC2)cc1.Cl. The van der Waals surface area contributed by atoms with Gasteiger partial charge >= 0.3 is 0 Å². The lowest BCUT2D eigenvalue weighted by atomic mass is 9.82. The van der Waals surface area contributed by atoms with Crippen molar-refractivity contribution in [3.8, 4) is 5.75 Å². The maximum atomic E-state index is 12.8. The number of carbonyl (C=O) groups is 1. The summed E-state index contributed by atoms with van der Waals surface area (Å²) >= 11 is 0. The molecule has 2 fully saturated rings. The summed E-state index contributed by atoms with van der Waals surface area (Å²) in [7, 11) is 1.67. The van der Waals surface area contributed by atoms with Crippen molar-refractivity contribution in [3.63, 3.8) is 0 Å². The van der Waals surface area contributed by atoms with E-state index >= 15 is 0 Å². The monoisotopic (exact) mass is 352 g/mol. The first-order chi connectivity index (χ1) is 11.2. The van der Waals surface area contributed by atoms with Gasteiger partial charge in [-0.15, -0.1) is 12.4 Å². The van der Waals surface area contributed by atoms with Crippen LogP contribution in [0.1, 0.15) is 50.5 Å². The Balaban J connectivity index is 0.00000208. The third-order valence-electron chi connectivity index (χ3n) is 5.22. The van der Waals surface area contributed by atoms with Gasteiger partial charge in [0.15, 0.2) is 0 Å². The van der Waals surface area contributed by atoms with Crippen molar-refractivity contribution in [1.29, 1.82) is 0 Å². The zero-order valence-corrected chi connectivity index (χ0v) is 15.3. The fraction of sp³-hybridized carbons (Fsp3) is 0.632. The van der Waals surface area contributed by atoms with Gasteiger partial charge in [-0.1, -0.05) is 25.0 Å². The van der Waals surface area contributed by atoms with Crippen molar-refractivity contribution < 1.29 is 9.53 Å². The molecule has 0 bridgehead atoms. The predicted octanol–water partition coefficient (Wildman–Crippen LogP) is 3.52. The summed E-state index contributed by atoms with van der Waals surface area (Å²) < 4.78 is 5.20. The molecule has 0 aliphatic heterocycles. The maximum Gasteiger partial charge on any atom is 0.223 e. The Hall–Kier alpha value is -1.26. The minimum absolute atomic E-state index is 0. The fourth-order valence-electron chi connectivity index (χ4n) is 3.57. The Labute approximate surface area is 151 Å². The highest BCUT2D eigenvalue weighted by atomic mass is 35.5. The van der Waals surface area contributed by atoms with Crippen LogP contribution >= 0.6 is 12.4 Å². The second kappa shape index (κ2) is 8.72. The van der Waals surface area contributed by atoms with E-state index in [1.807, 2.05) is 24.3 Å². The average molecular weight is 353 g/mol. The third-order valence-corrected chi connectivity index (χ3v) is 5.22. The number of carbonyl (C=O) groups excluding carboxylic acids is 1. The highest BCUT2D eigenvalue weighted by molar-refractivity contribution is 5.85. The van der Waals surface area contributed by atoms with Crippen molar-refractivity contribution in [2.75, 3.05) is 7.11 Å². The van der Waals surface area contributed by atoms with Gasteiger partial charge in [0.05, 0.1) is 7.11 Å². The van der Waals surface area contributed by atoms with E-state index in [0.29, 0.717) is 24.9 Å². The molecular weight excluding hydrogens is 324 g/mol. The van der Waals surface area contributed by atoms with Gasteiger partial charge in [-0.3, -0.25) is 4.79 Å². The van der Waals surface area contributed by atoms with Crippen LogP contribution in [-0.4, -0.2) is 30.0 Å². The van der Waals surface area contributed by atoms with Crippen LogP contribution in [0.5, 0.6) is 5.75 Å². The van der Waals surface area contributed by atoms with Crippen LogP contribution in [-0.2, 0) is 11.3 Å². The van der Waals surface area contributed by atoms with Gasteiger partial charge in [-0.2, -0.15) is 0 Å². The first-order valence-electron chi connectivity index (χ1n) is 8.85. The van der Waals surface area contributed by atoms with E-state index in [9.17, 15) is 4.79 Å². The number of ether oxygens (including phenoxy) is 1. The maximum absolute atomic E-state index is 12.8. The first kappa shape index (κ1) is 19.1. The molecule has 2 atom stereocenters. The van der Waals surface area contributed by atoms with Crippen LogP contribution < -0.4 is 10.5 Å². The van der Waals surface area contributed by atoms with E-state index in [-0.39, 0.29) is 24.4 Å². The van der Waals surface area contributed by atoms with E-state index in [1.54, 1.807) is 7.11 Å².